The molecule has 1 heterocycles. The topological polar surface area (TPSA) is 74.3 Å². The van der Waals surface area contributed by atoms with Gasteiger partial charge in [-0.2, -0.15) is 4.31 Å². The van der Waals surface area contributed by atoms with E-state index in [9.17, 15) is 12.8 Å². The Balaban J connectivity index is 1.52. The fraction of sp³-hybridized carbons (Fsp3) is 0.357. The van der Waals surface area contributed by atoms with E-state index in [2.05, 4.69) is 0 Å². The minimum Gasteiger partial charge on any atom is -0.493 e. The first-order valence-corrected chi connectivity index (χ1v) is 13.6. The number of methoxy groups -OCH3 is 2. The lowest BCUT2D eigenvalue weighted by atomic mass is 10.1. The summed E-state index contributed by atoms with van der Waals surface area (Å²) in [6.45, 7) is 1.30. The fourth-order valence-corrected chi connectivity index (χ4v) is 5.78. The third-order valence-electron chi connectivity index (χ3n) is 6.28. The number of hydrogen-bond donors (Lipinski definition) is 0. The first kappa shape index (κ1) is 26.9. The molecule has 0 aliphatic carbocycles. The highest BCUT2D eigenvalue weighted by Gasteiger charge is 2.30. The lowest BCUT2D eigenvalue weighted by Crippen LogP contribution is -2.37. The minimum absolute atomic E-state index is 0.112. The predicted octanol–water partition coefficient (Wildman–Crippen LogP) is 4.83. The number of rotatable bonds is 12. The summed E-state index contributed by atoms with van der Waals surface area (Å²) < 4.78 is 65.0. The monoisotopic (exact) mass is 529 g/mol. The van der Waals surface area contributed by atoms with Gasteiger partial charge in [0.05, 0.1) is 31.8 Å². The molecule has 0 radical (unpaired) electrons. The summed E-state index contributed by atoms with van der Waals surface area (Å²) in [5.74, 6) is 1.12. The average molecular weight is 530 g/mol. The molecule has 0 spiro atoms. The Morgan fingerprint density at radius 1 is 1.00 bits per heavy atom. The predicted molar refractivity (Wildman–Crippen MR) is 138 cm³/mol. The van der Waals surface area contributed by atoms with Crippen molar-refractivity contribution in [2.45, 2.75) is 36.8 Å². The van der Waals surface area contributed by atoms with E-state index in [1.807, 2.05) is 18.2 Å². The second-order valence-corrected chi connectivity index (χ2v) is 10.7. The molecule has 198 valence electrons. The summed E-state index contributed by atoms with van der Waals surface area (Å²) in [6, 6.07) is 18.5. The third-order valence-corrected chi connectivity index (χ3v) is 8.09. The third kappa shape index (κ3) is 6.80. The molecule has 3 aromatic rings. The van der Waals surface area contributed by atoms with E-state index < -0.39 is 10.0 Å². The zero-order valence-corrected chi connectivity index (χ0v) is 21.9. The maximum Gasteiger partial charge on any atom is 0.243 e. The van der Waals surface area contributed by atoms with Gasteiger partial charge in [0.15, 0.2) is 11.5 Å². The van der Waals surface area contributed by atoms with Crippen molar-refractivity contribution in [1.82, 2.24) is 4.31 Å². The van der Waals surface area contributed by atoms with Crippen molar-refractivity contribution in [2.24, 2.45) is 0 Å². The number of hydrogen-bond acceptors (Lipinski definition) is 6. The maximum atomic E-state index is 13.9. The van der Waals surface area contributed by atoms with Gasteiger partial charge in [-0.05, 0) is 54.3 Å². The van der Waals surface area contributed by atoms with Crippen molar-refractivity contribution in [2.75, 3.05) is 34.0 Å². The van der Waals surface area contributed by atoms with Crippen LogP contribution in [0.3, 0.4) is 0 Å². The largest absolute Gasteiger partial charge is 0.493 e. The Kier molecular flexibility index (Phi) is 9.02. The van der Waals surface area contributed by atoms with Gasteiger partial charge in [0.2, 0.25) is 10.0 Å². The van der Waals surface area contributed by atoms with Crippen LogP contribution in [0.5, 0.6) is 17.2 Å². The maximum absolute atomic E-state index is 13.9. The Morgan fingerprint density at radius 3 is 2.54 bits per heavy atom. The van der Waals surface area contributed by atoms with Gasteiger partial charge < -0.3 is 18.9 Å². The smallest absolute Gasteiger partial charge is 0.243 e. The van der Waals surface area contributed by atoms with Crippen LogP contribution in [-0.2, 0) is 27.7 Å². The van der Waals surface area contributed by atoms with Crippen LogP contribution in [0.4, 0.5) is 4.39 Å². The first-order chi connectivity index (χ1) is 17.9. The zero-order valence-electron chi connectivity index (χ0n) is 21.1. The Morgan fingerprint density at radius 2 is 1.81 bits per heavy atom. The number of sulfonamides is 1. The van der Waals surface area contributed by atoms with Gasteiger partial charge in [-0.25, -0.2) is 12.8 Å². The Hall–Kier alpha value is -3.14. The highest BCUT2D eigenvalue weighted by Crippen LogP contribution is 2.32. The van der Waals surface area contributed by atoms with Crippen molar-refractivity contribution in [1.29, 1.82) is 0 Å². The van der Waals surface area contributed by atoms with E-state index in [1.165, 1.54) is 36.7 Å². The van der Waals surface area contributed by atoms with Gasteiger partial charge in [0.1, 0.15) is 11.6 Å². The van der Waals surface area contributed by atoms with E-state index in [-0.39, 0.29) is 29.9 Å². The molecule has 0 bridgehead atoms. The van der Waals surface area contributed by atoms with Crippen LogP contribution >= 0.6 is 0 Å². The van der Waals surface area contributed by atoms with Gasteiger partial charge in [0.25, 0.3) is 0 Å². The standard InChI is InChI=1S/C28H32FNO6S/c1-33-27-13-12-25(18-28(27)34-2)37(31,32)30(20-24-10-6-15-35-24)19-21-7-5-9-23(17-21)36-16-14-22-8-3-4-11-26(22)29/h3-5,7-9,11-13,17-18,24H,6,10,14-16,19-20H2,1-2H3. The highest BCUT2D eigenvalue weighted by atomic mass is 32.2. The second kappa shape index (κ2) is 12.4. The summed E-state index contributed by atoms with van der Waals surface area (Å²) in [5.41, 5.74) is 1.35. The quantitative estimate of drug-likeness (QED) is 0.335. The molecule has 1 fully saturated rings. The lowest BCUT2D eigenvalue weighted by Gasteiger charge is -2.25. The van der Waals surface area contributed by atoms with Gasteiger partial charge >= 0.3 is 0 Å². The normalized spacial score (nSPS) is 15.6. The van der Waals surface area contributed by atoms with Crippen LogP contribution in [0, 0.1) is 5.82 Å². The van der Waals surface area contributed by atoms with Gasteiger partial charge in [0, 0.05) is 32.2 Å². The minimum atomic E-state index is -3.88. The molecule has 9 heteroatoms. The number of benzene rings is 3. The molecular formula is C28H32FNO6S. The molecule has 1 aliphatic rings. The van der Waals surface area contributed by atoms with Crippen molar-refractivity contribution < 1.29 is 31.8 Å². The SMILES string of the molecule is COc1ccc(S(=O)(=O)N(Cc2cccc(OCCc3ccccc3F)c2)CC2CCCO2)cc1OC. The van der Waals surface area contributed by atoms with E-state index in [0.717, 1.165) is 18.4 Å². The number of halogens is 1. The second-order valence-electron chi connectivity index (χ2n) is 8.79. The van der Waals surface area contributed by atoms with E-state index in [0.29, 0.717) is 42.4 Å². The van der Waals surface area contributed by atoms with Crippen molar-refractivity contribution >= 4 is 10.0 Å². The van der Waals surface area contributed by atoms with Crippen LogP contribution in [0.25, 0.3) is 0 Å². The fourth-order valence-electron chi connectivity index (χ4n) is 4.31. The molecule has 0 N–H and O–H groups in total. The van der Waals surface area contributed by atoms with Gasteiger partial charge in [-0.3, -0.25) is 0 Å². The molecule has 1 unspecified atom stereocenters. The summed E-state index contributed by atoms with van der Waals surface area (Å²) >= 11 is 0. The zero-order chi connectivity index (χ0) is 26.3. The molecule has 37 heavy (non-hydrogen) atoms. The summed E-state index contributed by atoms with van der Waals surface area (Å²) in [5, 5.41) is 0. The van der Waals surface area contributed by atoms with E-state index >= 15 is 0 Å². The van der Waals surface area contributed by atoms with E-state index in [4.69, 9.17) is 18.9 Å². The molecule has 4 rings (SSSR count). The van der Waals surface area contributed by atoms with Gasteiger partial charge in [-0.1, -0.05) is 30.3 Å². The van der Waals surface area contributed by atoms with E-state index in [1.54, 1.807) is 30.3 Å². The lowest BCUT2D eigenvalue weighted by molar-refractivity contribution is 0.0926. The van der Waals surface area contributed by atoms with Crippen LogP contribution < -0.4 is 14.2 Å². The average Bonchev–Trinajstić information content (AvgIpc) is 3.42. The van der Waals surface area contributed by atoms with Crippen molar-refractivity contribution in [3.05, 3.63) is 83.7 Å². The Labute approximate surface area is 217 Å². The van der Waals surface area contributed by atoms with Crippen LogP contribution in [-0.4, -0.2) is 52.8 Å². The van der Waals surface area contributed by atoms with Crippen LogP contribution in [0.2, 0.25) is 0 Å². The summed E-state index contributed by atoms with van der Waals surface area (Å²) in [7, 11) is -0.910. The Bertz CT molecular complexity index is 1290. The van der Waals surface area contributed by atoms with Crippen LogP contribution in [0.15, 0.2) is 71.6 Å². The molecule has 3 aromatic carbocycles. The number of ether oxygens (including phenoxy) is 4. The molecular weight excluding hydrogens is 497 g/mol. The molecule has 1 saturated heterocycles. The highest BCUT2D eigenvalue weighted by molar-refractivity contribution is 7.89. The molecule has 0 aromatic heterocycles. The molecule has 7 nitrogen and oxygen atoms in total. The van der Waals surface area contributed by atoms with Gasteiger partial charge in [-0.15, -0.1) is 0 Å². The van der Waals surface area contributed by atoms with Crippen molar-refractivity contribution in [3.8, 4) is 17.2 Å². The van der Waals surface area contributed by atoms with Crippen molar-refractivity contribution in [3.63, 3.8) is 0 Å². The molecule has 0 saturated carbocycles. The summed E-state index contributed by atoms with van der Waals surface area (Å²) in [6.07, 6.45) is 1.96. The summed E-state index contributed by atoms with van der Waals surface area (Å²) in [4.78, 5) is 0.112. The molecule has 0 amide bonds. The molecule has 1 aliphatic heterocycles. The number of nitrogens with zero attached hydrogens (tertiary/aromatic N) is 1. The molecule has 1 atom stereocenters. The van der Waals surface area contributed by atoms with Crippen LogP contribution in [0.1, 0.15) is 24.0 Å². The first-order valence-electron chi connectivity index (χ1n) is 12.2.